The van der Waals surface area contributed by atoms with E-state index in [2.05, 4.69) is 4.74 Å². The maximum Gasteiger partial charge on any atom is 0.305 e. The summed E-state index contributed by atoms with van der Waals surface area (Å²) in [5, 5.41) is 9.45. The summed E-state index contributed by atoms with van der Waals surface area (Å²) in [5.74, 6) is 0.397. The first-order valence-corrected chi connectivity index (χ1v) is 6.26. The molecule has 3 N–H and O–H groups in total. The van der Waals surface area contributed by atoms with E-state index in [1.807, 2.05) is 6.07 Å². The second-order valence-electron chi connectivity index (χ2n) is 4.83. The molecule has 98 valence electrons. The maximum atomic E-state index is 11.1. The molecule has 0 saturated carbocycles. The summed E-state index contributed by atoms with van der Waals surface area (Å²) in [6, 6.07) is 5.51. The van der Waals surface area contributed by atoms with Crippen molar-refractivity contribution in [2.45, 2.75) is 37.6 Å². The van der Waals surface area contributed by atoms with Gasteiger partial charge in [0.15, 0.2) is 0 Å². The summed E-state index contributed by atoms with van der Waals surface area (Å²) in [6.07, 6.45) is 2.90. The molecule has 1 aliphatic carbocycles. The summed E-state index contributed by atoms with van der Waals surface area (Å²) >= 11 is 0. The zero-order chi connectivity index (χ0) is 13.1. The first-order valence-electron chi connectivity index (χ1n) is 6.26. The Morgan fingerprint density at radius 3 is 3.06 bits per heavy atom. The van der Waals surface area contributed by atoms with E-state index >= 15 is 0 Å². The van der Waals surface area contributed by atoms with Crippen LogP contribution >= 0.6 is 0 Å². The Bertz CT molecular complexity index is 445. The molecule has 4 heteroatoms. The second kappa shape index (κ2) is 5.40. The van der Waals surface area contributed by atoms with Gasteiger partial charge in [0.25, 0.3) is 0 Å². The molecular formula is C14H19NO3. The molecule has 1 aliphatic rings. The number of benzene rings is 1. The number of esters is 1. The summed E-state index contributed by atoms with van der Waals surface area (Å²) in [7, 11) is 1.40. The zero-order valence-electron chi connectivity index (χ0n) is 10.6. The summed E-state index contributed by atoms with van der Waals surface area (Å²) in [6.45, 7) is 0. The molecule has 2 atom stereocenters. The van der Waals surface area contributed by atoms with Gasteiger partial charge in [-0.05, 0) is 48.4 Å². The molecular weight excluding hydrogens is 230 g/mol. The number of phenols is 1. The van der Waals surface area contributed by atoms with Gasteiger partial charge in [-0.2, -0.15) is 0 Å². The third-order valence-corrected chi connectivity index (χ3v) is 3.62. The van der Waals surface area contributed by atoms with Crippen LogP contribution in [0.2, 0.25) is 0 Å². The number of hydrogen-bond donors (Lipinski definition) is 2. The van der Waals surface area contributed by atoms with Gasteiger partial charge >= 0.3 is 5.97 Å². The Morgan fingerprint density at radius 2 is 2.33 bits per heavy atom. The number of aromatic hydroxyl groups is 1. The molecule has 2 rings (SSSR count). The van der Waals surface area contributed by atoms with Gasteiger partial charge in [0, 0.05) is 12.5 Å². The van der Waals surface area contributed by atoms with Crippen molar-refractivity contribution in [1.29, 1.82) is 0 Å². The van der Waals surface area contributed by atoms with E-state index in [-0.39, 0.29) is 23.7 Å². The standard InChI is InChI=1S/C14H19NO3/c1-18-14(17)4-2-3-12-11-6-5-10(16)7-9(11)8-13(12)15/h5-7,12-13,16H,2-4,8,15H2,1H3. The molecule has 4 nitrogen and oxygen atoms in total. The molecule has 2 unspecified atom stereocenters. The van der Waals surface area contributed by atoms with Crippen molar-refractivity contribution in [1.82, 2.24) is 0 Å². The highest BCUT2D eigenvalue weighted by atomic mass is 16.5. The average Bonchev–Trinajstić information content (AvgIpc) is 2.64. The summed E-state index contributed by atoms with van der Waals surface area (Å²) in [4.78, 5) is 11.1. The van der Waals surface area contributed by atoms with Gasteiger partial charge in [-0.15, -0.1) is 0 Å². The van der Waals surface area contributed by atoms with Crippen LogP contribution in [0, 0.1) is 0 Å². The molecule has 0 radical (unpaired) electrons. The Labute approximate surface area is 107 Å². The highest BCUT2D eigenvalue weighted by Gasteiger charge is 2.29. The molecule has 0 fully saturated rings. The van der Waals surface area contributed by atoms with Crippen molar-refractivity contribution in [2.24, 2.45) is 5.73 Å². The van der Waals surface area contributed by atoms with E-state index in [1.54, 1.807) is 12.1 Å². The summed E-state index contributed by atoms with van der Waals surface area (Å²) < 4.78 is 4.62. The molecule has 0 saturated heterocycles. The Balaban J connectivity index is 2.00. The fourth-order valence-corrected chi connectivity index (χ4v) is 2.70. The van der Waals surface area contributed by atoms with Crippen LogP contribution < -0.4 is 5.73 Å². The highest BCUT2D eigenvalue weighted by molar-refractivity contribution is 5.69. The van der Waals surface area contributed by atoms with Gasteiger partial charge in [-0.1, -0.05) is 6.07 Å². The van der Waals surface area contributed by atoms with Gasteiger partial charge in [-0.25, -0.2) is 0 Å². The molecule has 18 heavy (non-hydrogen) atoms. The average molecular weight is 249 g/mol. The molecule has 1 aromatic rings. The number of carbonyl (C=O) groups is 1. The summed E-state index contributed by atoms with van der Waals surface area (Å²) in [5.41, 5.74) is 8.47. The van der Waals surface area contributed by atoms with Crippen LogP contribution in [0.15, 0.2) is 18.2 Å². The van der Waals surface area contributed by atoms with Crippen molar-refractivity contribution in [2.75, 3.05) is 7.11 Å². The van der Waals surface area contributed by atoms with Crippen LogP contribution in [-0.4, -0.2) is 24.2 Å². The Kier molecular flexibility index (Phi) is 3.87. The smallest absolute Gasteiger partial charge is 0.305 e. The monoisotopic (exact) mass is 249 g/mol. The van der Waals surface area contributed by atoms with Gasteiger partial charge < -0.3 is 15.6 Å². The van der Waals surface area contributed by atoms with E-state index < -0.39 is 0 Å². The lowest BCUT2D eigenvalue weighted by Gasteiger charge is -2.16. The van der Waals surface area contributed by atoms with E-state index in [9.17, 15) is 9.90 Å². The van der Waals surface area contributed by atoms with E-state index in [4.69, 9.17) is 5.73 Å². The van der Waals surface area contributed by atoms with Gasteiger partial charge in [0.05, 0.1) is 7.11 Å². The quantitative estimate of drug-likeness (QED) is 0.797. The third-order valence-electron chi connectivity index (χ3n) is 3.62. The number of hydrogen-bond acceptors (Lipinski definition) is 4. The fraction of sp³-hybridized carbons (Fsp3) is 0.500. The molecule has 0 spiro atoms. The van der Waals surface area contributed by atoms with Crippen molar-refractivity contribution in [3.8, 4) is 5.75 Å². The highest BCUT2D eigenvalue weighted by Crippen LogP contribution is 2.37. The van der Waals surface area contributed by atoms with Crippen LogP contribution in [0.1, 0.15) is 36.3 Å². The predicted octanol–water partition coefficient (Wildman–Crippen LogP) is 1.70. The Morgan fingerprint density at radius 1 is 1.56 bits per heavy atom. The van der Waals surface area contributed by atoms with Crippen LogP contribution in [0.5, 0.6) is 5.75 Å². The Hall–Kier alpha value is -1.55. The van der Waals surface area contributed by atoms with Crippen LogP contribution in [0.3, 0.4) is 0 Å². The minimum Gasteiger partial charge on any atom is -0.508 e. The van der Waals surface area contributed by atoms with Crippen LogP contribution in [-0.2, 0) is 16.0 Å². The minimum atomic E-state index is -0.174. The topological polar surface area (TPSA) is 72.5 Å². The van der Waals surface area contributed by atoms with Gasteiger partial charge in [0.2, 0.25) is 0 Å². The van der Waals surface area contributed by atoms with Crippen LogP contribution in [0.25, 0.3) is 0 Å². The zero-order valence-corrected chi connectivity index (χ0v) is 10.6. The lowest BCUT2D eigenvalue weighted by atomic mass is 9.93. The largest absolute Gasteiger partial charge is 0.508 e. The number of methoxy groups -OCH3 is 1. The van der Waals surface area contributed by atoms with Crippen molar-refractivity contribution in [3.63, 3.8) is 0 Å². The minimum absolute atomic E-state index is 0.0828. The number of ether oxygens (including phenoxy) is 1. The number of rotatable bonds is 4. The van der Waals surface area contributed by atoms with E-state index in [0.717, 1.165) is 24.8 Å². The molecule has 0 amide bonds. The number of fused-ring (bicyclic) bond motifs is 1. The normalized spacial score (nSPS) is 21.7. The van der Waals surface area contributed by atoms with Crippen molar-refractivity contribution in [3.05, 3.63) is 29.3 Å². The van der Waals surface area contributed by atoms with Gasteiger partial charge in [-0.3, -0.25) is 4.79 Å². The predicted molar refractivity (Wildman–Crippen MR) is 68.4 cm³/mol. The number of carbonyl (C=O) groups excluding carboxylic acids is 1. The molecule has 0 aromatic heterocycles. The first-order chi connectivity index (χ1) is 8.61. The fourth-order valence-electron chi connectivity index (χ4n) is 2.70. The SMILES string of the molecule is COC(=O)CCCC1c2ccc(O)cc2CC1N. The second-order valence-corrected chi connectivity index (χ2v) is 4.83. The lowest BCUT2D eigenvalue weighted by molar-refractivity contribution is -0.140. The van der Waals surface area contributed by atoms with Crippen LogP contribution in [0.4, 0.5) is 0 Å². The lowest BCUT2D eigenvalue weighted by Crippen LogP contribution is -2.25. The number of phenolic OH excluding ortho intramolecular Hbond substituents is 1. The third kappa shape index (κ3) is 2.64. The number of nitrogens with two attached hydrogens (primary N) is 1. The first kappa shape index (κ1) is 12.9. The molecule has 1 aromatic carbocycles. The molecule has 0 heterocycles. The maximum absolute atomic E-state index is 11.1. The van der Waals surface area contributed by atoms with Crippen molar-refractivity contribution < 1.29 is 14.6 Å². The van der Waals surface area contributed by atoms with E-state index in [1.165, 1.54) is 12.7 Å². The van der Waals surface area contributed by atoms with Gasteiger partial charge in [0.1, 0.15) is 5.75 Å². The van der Waals surface area contributed by atoms with Crippen molar-refractivity contribution >= 4 is 5.97 Å². The van der Waals surface area contributed by atoms with E-state index in [0.29, 0.717) is 6.42 Å². The molecule has 0 aliphatic heterocycles. The molecule has 0 bridgehead atoms.